The fourth-order valence-electron chi connectivity index (χ4n) is 4.23. The minimum Gasteiger partial charge on any atom is -0.493 e. The van der Waals surface area contributed by atoms with Gasteiger partial charge in [0.1, 0.15) is 5.75 Å². The summed E-state index contributed by atoms with van der Waals surface area (Å²) in [6.07, 6.45) is 0. The number of carbonyl (C=O) groups is 1. The summed E-state index contributed by atoms with van der Waals surface area (Å²) in [7, 11) is 0. The lowest BCUT2D eigenvalue weighted by Crippen LogP contribution is -2.49. The molecule has 0 aromatic heterocycles. The van der Waals surface area contributed by atoms with Gasteiger partial charge < -0.3 is 9.64 Å². The van der Waals surface area contributed by atoms with Crippen LogP contribution in [0.2, 0.25) is 0 Å². The molecule has 0 spiro atoms. The number of hydrogen-bond acceptors (Lipinski definition) is 3. The van der Waals surface area contributed by atoms with E-state index >= 15 is 0 Å². The Balaban J connectivity index is 1.45. The second-order valence-corrected chi connectivity index (χ2v) is 8.78. The van der Waals surface area contributed by atoms with Crippen molar-refractivity contribution in [1.82, 2.24) is 9.80 Å². The predicted octanol–water partition coefficient (Wildman–Crippen LogP) is 5.27. The van der Waals surface area contributed by atoms with Crippen LogP contribution in [0.3, 0.4) is 0 Å². The number of hydrogen-bond donors (Lipinski definition) is 0. The number of carbonyl (C=O) groups excluding carboxylic acids is 1. The highest BCUT2D eigenvalue weighted by molar-refractivity contribution is 5.94. The lowest BCUT2D eigenvalue weighted by Gasteiger charge is -2.39. The standard InChI is InChI=1S/C28H32N2O2/c1-22(2)21-32-26-15-9-14-25(20-26)28(31)30-18-16-29(17-19-30)27(23-10-5-3-6-11-23)24-12-7-4-8-13-24/h3-15,20,22,27H,16-19,21H2,1-2H3. The molecule has 4 heteroatoms. The summed E-state index contributed by atoms with van der Waals surface area (Å²) in [6, 6.07) is 29.0. The third-order valence-electron chi connectivity index (χ3n) is 5.86. The Labute approximate surface area is 191 Å². The highest BCUT2D eigenvalue weighted by Gasteiger charge is 2.28. The average molecular weight is 429 g/mol. The molecular weight excluding hydrogens is 396 g/mol. The lowest BCUT2D eigenvalue weighted by atomic mass is 9.96. The van der Waals surface area contributed by atoms with Crippen LogP contribution in [0.5, 0.6) is 5.75 Å². The quantitative estimate of drug-likeness (QED) is 0.514. The van der Waals surface area contributed by atoms with Gasteiger partial charge in [-0.3, -0.25) is 9.69 Å². The number of ether oxygens (including phenoxy) is 1. The molecule has 1 saturated heterocycles. The van der Waals surface area contributed by atoms with Crippen molar-refractivity contribution in [3.8, 4) is 5.75 Å². The maximum atomic E-state index is 13.2. The predicted molar refractivity (Wildman–Crippen MR) is 129 cm³/mol. The molecule has 0 aliphatic carbocycles. The molecule has 1 aliphatic rings. The second-order valence-electron chi connectivity index (χ2n) is 8.78. The van der Waals surface area contributed by atoms with E-state index in [1.165, 1.54) is 11.1 Å². The van der Waals surface area contributed by atoms with Crippen molar-refractivity contribution in [3.05, 3.63) is 102 Å². The minimum atomic E-state index is 0.0793. The zero-order chi connectivity index (χ0) is 22.3. The molecule has 0 saturated carbocycles. The van der Waals surface area contributed by atoms with Crippen molar-refractivity contribution >= 4 is 5.91 Å². The molecule has 1 heterocycles. The van der Waals surface area contributed by atoms with Gasteiger partial charge in [0.05, 0.1) is 12.6 Å². The number of benzene rings is 3. The van der Waals surface area contributed by atoms with Crippen molar-refractivity contribution < 1.29 is 9.53 Å². The van der Waals surface area contributed by atoms with E-state index in [1.807, 2.05) is 29.2 Å². The molecule has 32 heavy (non-hydrogen) atoms. The van der Waals surface area contributed by atoms with Crippen LogP contribution in [0.25, 0.3) is 0 Å². The molecule has 1 amide bonds. The van der Waals surface area contributed by atoms with E-state index < -0.39 is 0 Å². The molecule has 1 aliphatic heterocycles. The second kappa shape index (κ2) is 10.5. The van der Waals surface area contributed by atoms with Gasteiger partial charge in [0.15, 0.2) is 0 Å². The summed E-state index contributed by atoms with van der Waals surface area (Å²) < 4.78 is 5.81. The van der Waals surface area contributed by atoms with Crippen LogP contribution in [0.4, 0.5) is 0 Å². The van der Waals surface area contributed by atoms with Crippen LogP contribution in [-0.2, 0) is 0 Å². The van der Waals surface area contributed by atoms with Gasteiger partial charge in [-0.25, -0.2) is 0 Å². The number of nitrogens with zero attached hydrogens (tertiary/aromatic N) is 2. The highest BCUT2D eigenvalue weighted by atomic mass is 16.5. The van der Waals surface area contributed by atoms with E-state index in [4.69, 9.17) is 4.74 Å². The summed E-state index contributed by atoms with van der Waals surface area (Å²) in [6.45, 7) is 7.99. The average Bonchev–Trinajstić information content (AvgIpc) is 2.84. The first-order chi connectivity index (χ1) is 15.6. The SMILES string of the molecule is CC(C)COc1cccc(C(=O)N2CCN(C(c3ccccc3)c3ccccc3)CC2)c1. The van der Waals surface area contributed by atoms with Crippen molar-refractivity contribution in [2.45, 2.75) is 19.9 Å². The molecule has 4 rings (SSSR count). The summed E-state index contributed by atoms with van der Waals surface area (Å²) in [4.78, 5) is 17.6. The zero-order valence-corrected chi connectivity index (χ0v) is 19.0. The van der Waals surface area contributed by atoms with Crippen LogP contribution in [0, 0.1) is 5.92 Å². The van der Waals surface area contributed by atoms with E-state index in [-0.39, 0.29) is 11.9 Å². The molecule has 0 unspecified atom stereocenters. The molecule has 0 radical (unpaired) electrons. The number of amides is 1. The summed E-state index contributed by atoms with van der Waals surface area (Å²) in [5.74, 6) is 1.29. The molecule has 166 valence electrons. The monoisotopic (exact) mass is 428 g/mol. The normalized spacial score (nSPS) is 14.7. The highest BCUT2D eigenvalue weighted by Crippen LogP contribution is 2.29. The molecule has 4 nitrogen and oxygen atoms in total. The van der Waals surface area contributed by atoms with Crippen molar-refractivity contribution in [2.75, 3.05) is 32.8 Å². The first kappa shape index (κ1) is 22.1. The van der Waals surface area contributed by atoms with Crippen LogP contribution < -0.4 is 4.74 Å². The van der Waals surface area contributed by atoms with Crippen LogP contribution in [0.15, 0.2) is 84.9 Å². The van der Waals surface area contributed by atoms with E-state index in [2.05, 4.69) is 79.4 Å². The molecule has 3 aromatic carbocycles. The van der Waals surface area contributed by atoms with Gasteiger partial charge in [-0.1, -0.05) is 80.6 Å². The lowest BCUT2D eigenvalue weighted by molar-refractivity contribution is 0.0597. The van der Waals surface area contributed by atoms with Gasteiger partial charge in [0.2, 0.25) is 0 Å². The maximum Gasteiger partial charge on any atom is 0.254 e. The Morgan fingerprint density at radius 1 is 0.812 bits per heavy atom. The Bertz CT molecular complexity index is 957. The van der Waals surface area contributed by atoms with Crippen molar-refractivity contribution in [1.29, 1.82) is 0 Å². The number of piperazine rings is 1. The molecule has 1 fully saturated rings. The topological polar surface area (TPSA) is 32.8 Å². The summed E-state index contributed by atoms with van der Waals surface area (Å²) >= 11 is 0. The van der Waals surface area contributed by atoms with Gasteiger partial charge in [-0.2, -0.15) is 0 Å². The minimum absolute atomic E-state index is 0.0793. The molecule has 0 atom stereocenters. The van der Waals surface area contributed by atoms with Gasteiger partial charge in [0.25, 0.3) is 5.91 Å². The van der Waals surface area contributed by atoms with Gasteiger partial charge in [-0.05, 0) is 35.2 Å². The van der Waals surface area contributed by atoms with Gasteiger partial charge in [-0.15, -0.1) is 0 Å². The Morgan fingerprint density at radius 2 is 1.41 bits per heavy atom. The third-order valence-corrected chi connectivity index (χ3v) is 5.86. The first-order valence-electron chi connectivity index (χ1n) is 11.5. The fourth-order valence-corrected chi connectivity index (χ4v) is 4.23. The number of rotatable bonds is 7. The Kier molecular flexibility index (Phi) is 7.23. The smallest absolute Gasteiger partial charge is 0.254 e. The molecular formula is C28H32N2O2. The van der Waals surface area contributed by atoms with E-state index in [9.17, 15) is 4.79 Å². The molecule has 0 N–H and O–H groups in total. The van der Waals surface area contributed by atoms with E-state index in [1.54, 1.807) is 0 Å². The molecule has 3 aromatic rings. The van der Waals surface area contributed by atoms with Gasteiger partial charge in [0, 0.05) is 31.7 Å². The summed E-state index contributed by atoms with van der Waals surface area (Å²) in [5, 5.41) is 0. The molecule has 0 bridgehead atoms. The first-order valence-corrected chi connectivity index (χ1v) is 11.5. The van der Waals surface area contributed by atoms with Crippen LogP contribution in [-0.4, -0.2) is 48.5 Å². The largest absolute Gasteiger partial charge is 0.493 e. The maximum absolute atomic E-state index is 13.2. The van der Waals surface area contributed by atoms with E-state index in [0.717, 1.165) is 18.8 Å². The van der Waals surface area contributed by atoms with Gasteiger partial charge >= 0.3 is 0 Å². The Hall–Kier alpha value is -3.11. The van der Waals surface area contributed by atoms with E-state index in [0.29, 0.717) is 31.2 Å². The fraction of sp³-hybridized carbons (Fsp3) is 0.321. The summed E-state index contributed by atoms with van der Waals surface area (Å²) in [5.41, 5.74) is 3.27. The van der Waals surface area contributed by atoms with Crippen LogP contribution in [0.1, 0.15) is 41.4 Å². The van der Waals surface area contributed by atoms with Crippen molar-refractivity contribution in [3.63, 3.8) is 0 Å². The van der Waals surface area contributed by atoms with Crippen molar-refractivity contribution in [2.24, 2.45) is 5.92 Å². The Morgan fingerprint density at radius 3 is 1.97 bits per heavy atom. The zero-order valence-electron chi connectivity index (χ0n) is 19.0. The third kappa shape index (κ3) is 5.38. The van der Waals surface area contributed by atoms with Crippen LogP contribution >= 0.6 is 0 Å².